The Morgan fingerprint density at radius 3 is 1.59 bits per heavy atom. The molecule has 2 aromatic carbocycles. The van der Waals surface area contributed by atoms with Crippen molar-refractivity contribution in [2.75, 3.05) is 6.61 Å². The third-order valence-corrected chi connectivity index (χ3v) is 4.89. The van der Waals surface area contributed by atoms with E-state index in [0.29, 0.717) is 12.8 Å². The summed E-state index contributed by atoms with van der Waals surface area (Å²) in [4.78, 5) is 21.0. The van der Waals surface area contributed by atoms with Crippen LogP contribution in [0.5, 0.6) is 11.5 Å². The molecule has 0 spiro atoms. The first-order valence-electron chi connectivity index (χ1n) is 10.7. The molecule has 1 N–H and O–H groups in total. The van der Waals surface area contributed by atoms with Crippen LogP contribution in [0.2, 0.25) is 0 Å². The van der Waals surface area contributed by atoms with Gasteiger partial charge in [-0.15, -0.1) is 0 Å². The summed E-state index contributed by atoms with van der Waals surface area (Å²) < 4.78 is 5.55. The number of unbranched alkanes of at least 4 members (excludes halogenated alkanes) is 1. The maximum Gasteiger partial charge on any atom is 0.220 e. The van der Waals surface area contributed by atoms with Crippen LogP contribution < -0.4 is 4.74 Å². The molecule has 0 radical (unpaired) electrons. The highest BCUT2D eigenvalue weighted by molar-refractivity contribution is 5.28. The van der Waals surface area contributed by atoms with Gasteiger partial charge in [0.1, 0.15) is 11.5 Å². The predicted molar refractivity (Wildman–Crippen MR) is 125 cm³/mol. The Morgan fingerprint density at radius 1 is 0.812 bits per heavy atom. The number of hydrogen-bond acceptors (Lipinski definition) is 6. The van der Waals surface area contributed by atoms with Crippen LogP contribution in [0.15, 0.2) is 48.5 Å². The minimum atomic E-state index is -0.961. The maximum atomic E-state index is 10.8. The van der Waals surface area contributed by atoms with E-state index in [1.54, 1.807) is 39.8 Å². The summed E-state index contributed by atoms with van der Waals surface area (Å²) in [7, 11) is 0. The molecule has 8 nitrogen and oxygen atoms in total. The lowest BCUT2D eigenvalue weighted by molar-refractivity contribution is -0.560. The van der Waals surface area contributed by atoms with Gasteiger partial charge in [-0.2, -0.15) is 0 Å². The average Bonchev–Trinajstić information content (AvgIpc) is 2.71. The number of rotatable bonds is 10. The Bertz CT molecular complexity index is 861. The van der Waals surface area contributed by atoms with Gasteiger partial charge in [0.2, 0.25) is 11.1 Å². The van der Waals surface area contributed by atoms with Crippen LogP contribution in [0.4, 0.5) is 0 Å². The highest BCUT2D eigenvalue weighted by Gasteiger charge is 2.31. The molecule has 8 heteroatoms. The highest BCUT2D eigenvalue weighted by atomic mass is 16.6. The first-order chi connectivity index (χ1) is 14.9. The standard InChI is InChI=1S/C14H21NO3.C10H13NO3/c1-4-5-10-18-13-8-6-12(7-9-13)11-14(2,3)15(16)17;1-10(2,11(13)14)7-8-3-5-9(12)6-4-8/h6-9H,4-5,10-11H2,1-3H3;3-6,12H,7H2,1-2H3. The fraction of sp³-hybridized carbons (Fsp3) is 0.500. The van der Waals surface area contributed by atoms with Gasteiger partial charge >= 0.3 is 0 Å². The van der Waals surface area contributed by atoms with Crippen molar-refractivity contribution < 1.29 is 19.7 Å². The lowest BCUT2D eigenvalue weighted by Crippen LogP contribution is -2.33. The van der Waals surface area contributed by atoms with Crippen molar-refractivity contribution in [3.8, 4) is 11.5 Å². The minimum absolute atomic E-state index is 0.174. The molecule has 0 aliphatic carbocycles. The third kappa shape index (κ3) is 9.32. The summed E-state index contributed by atoms with van der Waals surface area (Å²) in [6, 6.07) is 14.0. The normalized spacial score (nSPS) is 11.3. The molecule has 0 atom stereocenters. The summed E-state index contributed by atoms with van der Waals surface area (Å²) in [6.07, 6.45) is 2.93. The maximum absolute atomic E-state index is 10.8. The molecular formula is C24H34N2O6. The second-order valence-electron chi connectivity index (χ2n) is 9.01. The van der Waals surface area contributed by atoms with Crippen LogP contribution in [-0.4, -0.2) is 32.6 Å². The van der Waals surface area contributed by atoms with Gasteiger partial charge in [-0.3, -0.25) is 20.2 Å². The first kappa shape index (κ1) is 26.9. The van der Waals surface area contributed by atoms with Crippen molar-refractivity contribution in [3.63, 3.8) is 0 Å². The van der Waals surface area contributed by atoms with Crippen LogP contribution in [0, 0.1) is 20.2 Å². The molecule has 0 aliphatic rings. The molecule has 0 aliphatic heterocycles. The van der Waals surface area contributed by atoms with Crippen molar-refractivity contribution in [1.29, 1.82) is 0 Å². The Kier molecular flexibility index (Phi) is 10.1. The number of aromatic hydroxyl groups is 1. The summed E-state index contributed by atoms with van der Waals surface area (Å²) in [5.74, 6) is 0.999. The molecule has 0 saturated carbocycles. The van der Waals surface area contributed by atoms with E-state index >= 15 is 0 Å². The quantitative estimate of drug-likeness (QED) is 0.295. The molecule has 0 heterocycles. The highest BCUT2D eigenvalue weighted by Crippen LogP contribution is 2.20. The van der Waals surface area contributed by atoms with Gasteiger partial charge in [0.15, 0.2) is 0 Å². The number of benzene rings is 2. The fourth-order valence-corrected chi connectivity index (χ4v) is 2.78. The van der Waals surface area contributed by atoms with Gasteiger partial charge in [-0.25, -0.2) is 0 Å². The molecule has 2 rings (SSSR count). The van der Waals surface area contributed by atoms with E-state index in [0.717, 1.165) is 36.3 Å². The average molecular weight is 447 g/mol. The van der Waals surface area contributed by atoms with Gasteiger partial charge in [-0.05, 0) is 41.8 Å². The lowest BCUT2D eigenvalue weighted by Gasteiger charge is -2.15. The molecule has 0 bridgehead atoms. The van der Waals surface area contributed by atoms with Crippen LogP contribution >= 0.6 is 0 Å². The zero-order valence-corrected chi connectivity index (χ0v) is 19.5. The lowest BCUT2D eigenvalue weighted by atomic mass is 9.96. The van der Waals surface area contributed by atoms with Crippen molar-refractivity contribution >= 4 is 0 Å². The zero-order chi connectivity index (χ0) is 24.4. The van der Waals surface area contributed by atoms with Crippen LogP contribution in [-0.2, 0) is 12.8 Å². The van der Waals surface area contributed by atoms with Gasteiger partial charge in [-0.1, -0.05) is 37.6 Å². The smallest absolute Gasteiger partial charge is 0.220 e. The number of hydrogen-bond donors (Lipinski definition) is 1. The number of nitro groups is 2. The zero-order valence-electron chi connectivity index (χ0n) is 19.5. The third-order valence-electron chi connectivity index (χ3n) is 4.89. The fourth-order valence-electron chi connectivity index (χ4n) is 2.78. The molecule has 0 saturated heterocycles. The second kappa shape index (κ2) is 12.0. The predicted octanol–water partition coefficient (Wildman–Crippen LogP) is 5.45. The SMILES string of the molecule is CC(C)(Cc1ccc(O)cc1)[N+](=O)[O-].CCCCOc1ccc(CC(C)(C)[N+](=O)[O-])cc1. The van der Waals surface area contributed by atoms with Gasteiger partial charge in [0, 0.05) is 50.4 Å². The minimum Gasteiger partial charge on any atom is -0.508 e. The Hall–Kier alpha value is -3.16. The van der Waals surface area contributed by atoms with Crippen molar-refractivity contribution in [2.45, 2.75) is 71.4 Å². The first-order valence-corrected chi connectivity index (χ1v) is 10.7. The topological polar surface area (TPSA) is 116 Å². The summed E-state index contributed by atoms with van der Waals surface area (Å²) in [5, 5.41) is 30.5. The van der Waals surface area contributed by atoms with Gasteiger partial charge < -0.3 is 9.84 Å². The van der Waals surface area contributed by atoms with Crippen molar-refractivity contribution in [3.05, 3.63) is 79.9 Å². The molecule has 2 aromatic rings. The van der Waals surface area contributed by atoms with Crippen molar-refractivity contribution in [2.24, 2.45) is 0 Å². The molecule has 0 fully saturated rings. The summed E-state index contributed by atoms with van der Waals surface area (Å²) >= 11 is 0. The molecule has 0 aromatic heterocycles. The van der Waals surface area contributed by atoms with E-state index in [1.165, 1.54) is 12.1 Å². The van der Waals surface area contributed by atoms with E-state index < -0.39 is 11.1 Å². The van der Waals surface area contributed by atoms with Crippen LogP contribution in [0.1, 0.15) is 58.6 Å². The summed E-state index contributed by atoms with van der Waals surface area (Å²) in [5.41, 5.74) is -0.0780. The summed E-state index contributed by atoms with van der Waals surface area (Å²) in [6.45, 7) is 9.28. The van der Waals surface area contributed by atoms with E-state index in [1.807, 2.05) is 24.3 Å². The van der Waals surface area contributed by atoms with Crippen LogP contribution in [0.25, 0.3) is 0 Å². The van der Waals surface area contributed by atoms with Crippen molar-refractivity contribution in [1.82, 2.24) is 0 Å². The largest absolute Gasteiger partial charge is 0.508 e. The van der Waals surface area contributed by atoms with E-state index in [2.05, 4.69) is 6.92 Å². The number of ether oxygens (including phenoxy) is 1. The van der Waals surface area contributed by atoms with Gasteiger partial charge in [0.25, 0.3) is 0 Å². The second-order valence-corrected chi connectivity index (χ2v) is 9.01. The Balaban J connectivity index is 0.000000330. The van der Waals surface area contributed by atoms with E-state index in [-0.39, 0.29) is 15.6 Å². The molecule has 176 valence electrons. The Morgan fingerprint density at radius 2 is 1.22 bits per heavy atom. The number of phenols is 1. The Labute approximate surface area is 189 Å². The molecule has 0 amide bonds. The monoisotopic (exact) mass is 446 g/mol. The van der Waals surface area contributed by atoms with Crippen LogP contribution in [0.3, 0.4) is 0 Å². The molecule has 0 unspecified atom stereocenters. The van der Waals surface area contributed by atoms with Gasteiger partial charge in [0.05, 0.1) is 6.61 Å². The van der Waals surface area contributed by atoms with E-state index in [4.69, 9.17) is 9.84 Å². The number of phenolic OH excluding ortho intramolecular Hbond substituents is 1. The van der Waals surface area contributed by atoms with E-state index in [9.17, 15) is 20.2 Å². The molecule has 32 heavy (non-hydrogen) atoms. The molecular weight excluding hydrogens is 412 g/mol. The number of nitrogens with zero attached hydrogens (tertiary/aromatic N) is 2.